The Kier molecular flexibility index (Phi) is 3.25. The molecule has 0 aliphatic carbocycles. The molecule has 0 aromatic rings. The van der Waals surface area contributed by atoms with Crippen LogP contribution in [-0.2, 0) is 19.1 Å². The van der Waals surface area contributed by atoms with E-state index in [2.05, 4.69) is 4.74 Å². The van der Waals surface area contributed by atoms with Gasteiger partial charge in [0.25, 0.3) is 0 Å². The van der Waals surface area contributed by atoms with Crippen LogP contribution in [0.1, 0.15) is 6.42 Å². The molecule has 1 saturated heterocycles. The molecule has 0 saturated carbocycles. The molecule has 0 aromatic heterocycles. The van der Waals surface area contributed by atoms with Crippen molar-refractivity contribution >= 4 is 11.9 Å². The fourth-order valence-electron chi connectivity index (χ4n) is 1.42. The summed E-state index contributed by atoms with van der Waals surface area (Å²) in [6.45, 7) is 0.536. The number of hydrogen-bond acceptors (Lipinski definition) is 4. The highest BCUT2D eigenvalue weighted by Gasteiger charge is 2.37. The number of carboxylic acids is 1. The van der Waals surface area contributed by atoms with Crippen molar-refractivity contribution in [3.05, 3.63) is 0 Å². The highest BCUT2D eigenvalue weighted by molar-refractivity contribution is 5.81. The molecule has 0 aromatic carbocycles. The molecule has 2 atom stereocenters. The van der Waals surface area contributed by atoms with E-state index in [1.807, 2.05) is 0 Å². The van der Waals surface area contributed by atoms with Crippen molar-refractivity contribution in [2.24, 2.45) is 11.8 Å². The van der Waals surface area contributed by atoms with Gasteiger partial charge < -0.3 is 14.6 Å². The summed E-state index contributed by atoms with van der Waals surface area (Å²) in [4.78, 5) is 21.8. The van der Waals surface area contributed by atoms with Gasteiger partial charge in [0, 0.05) is 6.61 Å². The molecule has 13 heavy (non-hydrogen) atoms. The maximum Gasteiger partial charge on any atom is 0.311 e. The first-order valence-electron chi connectivity index (χ1n) is 4.05. The second kappa shape index (κ2) is 4.23. The molecule has 5 heteroatoms. The lowest BCUT2D eigenvalue weighted by Gasteiger charge is -2.26. The number of rotatable bonds is 2. The van der Waals surface area contributed by atoms with Gasteiger partial charge in [-0.3, -0.25) is 9.59 Å². The molecule has 1 rings (SSSR count). The van der Waals surface area contributed by atoms with E-state index in [4.69, 9.17) is 9.84 Å². The normalized spacial score (nSPS) is 28.1. The smallest absolute Gasteiger partial charge is 0.311 e. The Bertz CT molecular complexity index is 213. The second-order valence-corrected chi connectivity index (χ2v) is 2.94. The third kappa shape index (κ3) is 2.18. The molecule has 1 aliphatic heterocycles. The number of carbonyl (C=O) groups excluding carboxylic acids is 1. The SMILES string of the molecule is COC(=O)[C@@H]1COCC[C@H]1C(=O)O. The van der Waals surface area contributed by atoms with Crippen molar-refractivity contribution in [1.82, 2.24) is 0 Å². The zero-order valence-corrected chi connectivity index (χ0v) is 7.36. The monoisotopic (exact) mass is 188 g/mol. The number of methoxy groups -OCH3 is 1. The van der Waals surface area contributed by atoms with Crippen molar-refractivity contribution in [1.29, 1.82) is 0 Å². The lowest BCUT2D eigenvalue weighted by Crippen LogP contribution is -2.38. The Morgan fingerprint density at radius 3 is 2.69 bits per heavy atom. The largest absolute Gasteiger partial charge is 0.481 e. The molecule has 1 heterocycles. The van der Waals surface area contributed by atoms with E-state index < -0.39 is 23.8 Å². The van der Waals surface area contributed by atoms with E-state index in [1.54, 1.807) is 0 Å². The van der Waals surface area contributed by atoms with E-state index in [-0.39, 0.29) is 6.61 Å². The quantitative estimate of drug-likeness (QED) is 0.612. The average Bonchev–Trinajstić information content (AvgIpc) is 2.16. The van der Waals surface area contributed by atoms with Crippen molar-refractivity contribution in [3.63, 3.8) is 0 Å². The number of carboxylic acid groups (broad SMARTS) is 1. The number of carbonyl (C=O) groups is 2. The Morgan fingerprint density at radius 2 is 2.15 bits per heavy atom. The van der Waals surface area contributed by atoms with E-state index in [0.29, 0.717) is 13.0 Å². The fraction of sp³-hybridized carbons (Fsp3) is 0.750. The summed E-state index contributed by atoms with van der Waals surface area (Å²) in [5.74, 6) is -2.79. The number of hydrogen-bond donors (Lipinski definition) is 1. The minimum atomic E-state index is -0.960. The van der Waals surface area contributed by atoms with Crippen molar-refractivity contribution < 1.29 is 24.2 Å². The van der Waals surface area contributed by atoms with E-state index >= 15 is 0 Å². The fourth-order valence-corrected chi connectivity index (χ4v) is 1.42. The van der Waals surface area contributed by atoms with Crippen LogP contribution in [0.3, 0.4) is 0 Å². The molecule has 1 N–H and O–H groups in total. The molecule has 0 spiro atoms. The van der Waals surface area contributed by atoms with Crippen LogP contribution in [0, 0.1) is 11.8 Å². The average molecular weight is 188 g/mol. The van der Waals surface area contributed by atoms with Gasteiger partial charge >= 0.3 is 11.9 Å². The predicted octanol–water partition coefficient (Wildman–Crippen LogP) is -0.103. The van der Waals surface area contributed by atoms with Crippen LogP contribution in [0.15, 0.2) is 0 Å². The van der Waals surface area contributed by atoms with E-state index in [0.717, 1.165) is 0 Å². The van der Waals surface area contributed by atoms with E-state index in [1.165, 1.54) is 7.11 Å². The maximum atomic E-state index is 11.1. The van der Waals surface area contributed by atoms with Crippen molar-refractivity contribution in [2.75, 3.05) is 20.3 Å². The molecule has 5 nitrogen and oxygen atoms in total. The lowest BCUT2D eigenvalue weighted by molar-refractivity contribution is -0.163. The zero-order chi connectivity index (χ0) is 9.84. The van der Waals surface area contributed by atoms with Crippen LogP contribution in [0.5, 0.6) is 0 Å². The van der Waals surface area contributed by atoms with Gasteiger partial charge in [-0.15, -0.1) is 0 Å². The minimum Gasteiger partial charge on any atom is -0.481 e. The van der Waals surface area contributed by atoms with Gasteiger partial charge in [-0.25, -0.2) is 0 Å². The third-order valence-electron chi connectivity index (χ3n) is 2.18. The van der Waals surface area contributed by atoms with Crippen LogP contribution in [-0.4, -0.2) is 37.4 Å². The number of ether oxygens (including phenoxy) is 2. The molecule has 0 amide bonds. The molecular formula is C8H12O5. The summed E-state index contributed by atoms with van der Waals surface area (Å²) in [6, 6.07) is 0. The third-order valence-corrected chi connectivity index (χ3v) is 2.18. The summed E-state index contributed by atoms with van der Waals surface area (Å²) < 4.78 is 9.51. The highest BCUT2D eigenvalue weighted by Crippen LogP contribution is 2.23. The molecule has 74 valence electrons. The van der Waals surface area contributed by atoms with Crippen molar-refractivity contribution in [2.45, 2.75) is 6.42 Å². The van der Waals surface area contributed by atoms with Gasteiger partial charge in [0.05, 0.1) is 25.6 Å². The second-order valence-electron chi connectivity index (χ2n) is 2.94. The van der Waals surface area contributed by atoms with Gasteiger partial charge in [0.15, 0.2) is 0 Å². The van der Waals surface area contributed by atoms with Crippen LogP contribution in [0.4, 0.5) is 0 Å². The molecule has 0 bridgehead atoms. The van der Waals surface area contributed by atoms with Crippen LogP contribution >= 0.6 is 0 Å². The van der Waals surface area contributed by atoms with Gasteiger partial charge in [0.2, 0.25) is 0 Å². The first-order valence-corrected chi connectivity index (χ1v) is 4.05. The first kappa shape index (κ1) is 9.98. The van der Waals surface area contributed by atoms with Crippen LogP contribution < -0.4 is 0 Å². The summed E-state index contributed by atoms with van der Waals surface area (Å²) in [5, 5.41) is 8.79. The summed E-state index contributed by atoms with van der Waals surface area (Å²) in [7, 11) is 1.25. The molecule has 1 aliphatic rings. The van der Waals surface area contributed by atoms with Crippen LogP contribution in [0.25, 0.3) is 0 Å². The zero-order valence-electron chi connectivity index (χ0n) is 7.36. The summed E-state index contributed by atoms with van der Waals surface area (Å²) >= 11 is 0. The minimum absolute atomic E-state index is 0.143. The molecule has 0 radical (unpaired) electrons. The Morgan fingerprint density at radius 1 is 1.46 bits per heavy atom. The lowest BCUT2D eigenvalue weighted by atomic mass is 9.88. The van der Waals surface area contributed by atoms with Crippen molar-refractivity contribution in [3.8, 4) is 0 Å². The summed E-state index contributed by atoms with van der Waals surface area (Å²) in [6.07, 6.45) is 0.370. The maximum absolute atomic E-state index is 11.1. The van der Waals surface area contributed by atoms with Crippen LogP contribution in [0.2, 0.25) is 0 Å². The Hall–Kier alpha value is -1.10. The standard InChI is InChI=1S/C8H12O5/c1-12-8(11)6-4-13-3-2-5(6)7(9)10/h5-6H,2-4H2,1H3,(H,9,10)/t5-,6-/m1/s1. The van der Waals surface area contributed by atoms with Gasteiger partial charge in [-0.2, -0.15) is 0 Å². The molecule has 1 fully saturated rings. The topological polar surface area (TPSA) is 72.8 Å². The first-order chi connectivity index (χ1) is 6.16. The number of aliphatic carboxylic acids is 1. The van der Waals surface area contributed by atoms with Gasteiger partial charge in [-0.05, 0) is 6.42 Å². The Balaban J connectivity index is 2.67. The van der Waals surface area contributed by atoms with E-state index in [9.17, 15) is 9.59 Å². The molecular weight excluding hydrogens is 176 g/mol. The predicted molar refractivity (Wildman–Crippen MR) is 42.1 cm³/mol. The highest BCUT2D eigenvalue weighted by atomic mass is 16.5. The van der Waals surface area contributed by atoms with Gasteiger partial charge in [-0.1, -0.05) is 0 Å². The number of esters is 1. The van der Waals surface area contributed by atoms with Gasteiger partial charge in [0.1, 0.15) is 0 Å². The Labute approximate surface area is 75.6 Å². The summed E-state index contributed by atoms with van der Waals surface area (Å²) in [5.41, 5.74) is 0. The molecule has 0 unspecified atom stereocenters.